The highest BCUT2D eigenvalue weighted by molar-refractivity contribution is 7.10. The highest BCUT2D eigenvalue weighted by atomic mass is 32.1. The zero-order chi connectivity index (χ0) is 14.6. The van der Waals surface area contributed by atoms with Crippen LogP contribution in [0.3, 0.4) is 0 Å². The summed E-state index contributed by atoms with van der Waals surface area (Å²) >= 11 is 1.43. The molecule has 4 heteroatoms. The summed E-state index contributed by atoms with van der Waals surface area (Å²) in [5, 5.41) is 13.6. The van der Waals surface area contributed by atoms with Crippen molar-refractivity contribution in [3.8, 4) is 11.8 Å². The van der Waals surface area contributed by atoms with E-state index >= 15 is 0 Å². The van der Waals surface area contributed by atoms with E-state index in [1.807, 2.05) is 5.38 Å². The zero-order valence-electron chi connectivity index (χ0n) is 12.0. The fourth-order valence-corrected chi connectivity index (χ4v) is 3.49. The second kappa shape index (κ2) is 6.43. The van der Waals surface area contributed by atoms with Gasteiger partial charge in [-0.1, -0.05) is 32.1 Å². The molecule has 1 fully saturated rings. The van der Waals surface area contributed by atoms with Crippen molar-refractivity contribution in [1.82, 2.24) is 5.32 Å². The third kappa shape index (κ3) is 4.09. The SMILES string of the molecule is CC1(C)CCCC(NC(=O)c2csc(C#CCO)c2)C1. The minimum absolute atomic E-state index is 0.0130. The van der Waals surface area contributed by atoms with Gasteiger partial charge in [-0.05, 0) is 30.7 Å². The average Bonchev–Trinajstić information content (AvgIpc) is 2.84. The van der Waals surface area contributed by atoms with E-state index in [1.165, 1.54) is 24.2 Å². The standard InChI is InChI=1S/C16H21NO2S/c1-16(2)7-3-5-13(10-16)17-15(19)12-9-14(20-11-12)6-4-8-18/h9,11,13,18H,3,5,7-8,10H2,1-2H3,(H,17,19). The number of hydrogen-bond acceptors (Lipinski definition) is 3. The lowest BCUT2D eigenvalue weighted by Gasteiger charge is -2.35. The maximum absolute atomic E-state index is 12.2. The number of thiophene rings is 1. The Hall–Kier alpha value is -1.31. The maximum atomic E-state index is 12.2. The van der Waals surface area contributed by atoms with Gasteiger partial charge in [-0.15, -0.1) is 11.3 Å². The van der Waals surface area contributed by atoms with Gasteiger partial charge in [0.15, 0.2) is 0 Å². The molecule has 108 valence electrons. The Labute approximate surface area is 124 Å². The van der Waals surface area contributed by atoms with Gasteiger partial charge in [-0.25, -0.2) is 0 Å². The van der Waals surface area contributed by atoms with Gasteiger partial charge in [0.2, 0.25) is 0 Å². The monoisotopic (exact) mass is 291 g/mol. The quantitative estimate of drug-likeness (QED) is 0.823. The molecule has 2 rings (SSSR count). The molecule has 2 N–H and O–H groups in total. The Morgan fingerprint density at radius 3 is 3.10 bits per heavy atom. The molecule has 0 saturated heterocycles. The van der Waals surface area contributed by atoms with E-state index in [9.17, 15) is 4.79 Å². The molecule has 1 atom stereocenters. The first-order valence-electron chi connectivity index (χ1n) is 6.99. The predicted octanol–water partition coefficient (Wildman–Crippen LogP) is 2.79. The van der Waals surface area contributed by atoms with Gasteiger partial charge >= 0.3 is 0 Å². The topological polar surface area (TPSA) is 49.3 Å². The van der Waals surface area contributed by atoms with Crippen LogP contribution in [0.5, 0.6) is 0 Å². The van der Waals surface area contributed by atoms with Crippen LogP contribution >= 0.6 is 11.3 Å². The largest absolute Gasteiger partial charge is 0.384 e. The predicted molar refractivity (Wildman–Crippen MR) is 81.8 cm³/mol. The minimum atomic E-state index is -0.156. The van der Waals surface area contributed by atoms with E-state index in [-0.39, 0.29) is 18.6 Å². The van der Waals surface area contributed by atoms with Gasteiger partial charge in [0.05, 0.1) is 10.4 Å². The molecular formula is C16H21NO2S. The first-order chi connectivity index (χ1) is 9.50. The van der Waals surface area contributed by atoms with E-state index in [0.717, 1.165) is 17.7 Å². The summed E-state index contributed by atoms with van der Waals surface area (Å²) in [7, 11) is 0. The number of rotatable bonds is 2. The Kier molecular flexibility index (Phi) is 4.85. The first kappa shape index (κ1) is 15.1. The van der Waals surface area contributed by atoms with Crippen molar-refractivity contribution in [2.45, 2.75) is 45.6 Å². The molecular weight excluding hydrogens is 270 g/mol. The van der Waals surface area contributed by atoms with Gasteiger partial charge in [-0.2, -0.15) is 0 Å². The molecule has 0 aliphatic heterocycles. The summed E-state index contributed by atoms with van der Waals surface area (Å²) in [4.78, 5) is 13.0. The van der Waals surface area contributed by atoms with E-state index in [2.05, 4.69) is 31.0 Å². The van der Waals surface area contributed by atoms with Crippen LogP contribution in [0.25, 0.3) is 0 Å². The second-order valence-electron chi connectivity index (χ2n) is 6.09. The number of aliphatic hydroxyl groups excluding tert-OH is 1. The van der Waals surface area contributed by atoms with Crippen molar-refractivity contribution in [3.63, 3.8) is 0 Å². The molecule has 1 aromatic rings. The van der Waals surface area contributed by atoms with Crippen LogP contribution in [-0.4, -0.2) is 23.7 Å². The number of carbonyl (C=O) groups is 1. The first-order valence-corrected chi connectivity index (χ1v) is 7.87. The molecule has 1 aromatic heterocycles. The Bertz CT molecular complexity index is 536. The summed E-state index contributed by atoms with van der Waals surface area (Å²) in [6.07, 6.45) is 4.52. The van der Waals surface area contributed by atoms with Crippen LogP contribution in [0.1, 0.15) is 54.8 Å². The van der Waals surface area contributed by atoms with Crippen LogP contribution in [-0.2, 0) is 0 Å². The molecule has 1 aliphatic carbocycles. The van der Waals surface area contributed by atoms with Crippen LogP contribution in [0.4, 0.5) is 0 Å². The van der Waals surface area contributed by atoms with Crippen molar-refractivity contribution >= 4 is 17.2 Å². The van der Waals surface area contributed by atoms with Gasteiger partial charge in [0.25, 0.3) is 5.91 Å². The molecule has 3 nitrogen and oxygen atoms in total. The lowest BCUT2D eigenvalue weighted by Crippen LogP contribution is -2.40. The molecule has 0 aromatic carbocycles. The van der Waals surface area contributed by atoms with E-state index < -0.39 is 0 Å². The summed E-state index contributed by atoms with van der Waals surface area (Å²) in [6, 6.07) is 2.06. The summed E-state index contributed by atoms with van der Waals surface area (Å²) in [6.45, 7) is 4.37. The molecule has 1 unspecified atom stereocenters. The third-order valence-electron chi connectivity index (χ3n) is 3.69. The van der Waals surface area contributed by atoms with E-state index in [1.54, 1.807) is 6.07 Å². The summed E-state index contributed by atoms with van der Waals surface area (Å²) in [5.41, 5.74) is 0.989. The number of hydrogen-bond donors (Lipinski definition) is 2. The van der Waals surface area contributed by atoms with E-state index in [4.69, 9.17) is 5.11 Å². The van der Waals surface area contributed by atoms with Gasteiger partial charge < -0.3 is 10.4 Å². The third-order valence-corrected chi connectivity index (χ3v) is 4.54. The molecule has 0 bridgehead atoms. The average molecular weight is 291 g/mol. The fraction of sp³-hybridized carbons (Fsp3) is 0.562. The molecule has 20 heavy (non-hydrogen) atoms. The van der Waals surface area contributed by atoms with Crippen LogP contribution in [0.2, 0.25) is 0 Å². The van der Waals surface area contributed by atoms with Gasteiger partial charge in [-0.3, -0.25) is 4.79 Å². The number of nitrogens with one attached hydrogen (secondary N) is 1. The summed E-state index contributed by atoms with van der Waals surface area (Å²) < 4.78 is 0. The summed E-state index contributed by atoms with van der Waals surface area (Å²) in [5.74, 6) is 5.41. The normalized spacial score (nSPS) is 20.9. The van der Waals surface area contributed by atoms with Gasteiger partial charge in [0, 0.05) is 11.4 Å². The van der Waals surface area contributed by atoms with Crippen molar-refractivity contribution < 1.29 is 9.90 Å². The lowest BCUT2D eigenvalue weighted by atomic mass is 9.75. The smallest absolute Gasteiger partial charge is 0.252 e. The molecule has 1 aliphatic rings. The van der Waals surface area contributed by atoms with Crippen molar-refractivity contribution in [2.75, 3.05) is 6.61 Å². The Morgan fingerprint density at radius 2 is 2.40 bits per heavy atom. The number of aliphatic hydroxyl groups is 1. The molecule has 1 amide bonds. The molecule has 1 heterocycles. The number of amides is 1. The lowest BCUT2D eigenvalue weighted by molar-refractivity contribution is 0.0903. The van der Waals surface area contributed by atoms with Gasteiger partial charge in [0.1, 0.15) is 6.61 Å². The Balaban J connectivity index is 1.96. The maximum Gasteiger partial charge on any atom is 0.252 e. The molecule has 1 saturated carbocycles. The van der Waals surface area contributed by atoms with E-state index in [0.29, 0.717) is 11.0 Å². The Morgan fingerprint density at radius 1 is 1.60 bits per heavy atom. The molecule has 0 spiro atoms. The van der Waals surface area contributed by atoms with Crippen molar-refractivity contribution in [1.29, 1.82) is 0 Å². The number of carbonyl (C=O) groups excluding carboxylic acids is 1. The highest BCUT2D eigenvalue weighted by Gasteiger charge is 2.28. The molecule has 0 radical (unpaired) electrons. The van der Waals surface area contributed by atoms with Crippen molar-refractivity contribution in [3.05, 3.63) is 21.9 Å². The zero-order valence-corrected chi connectivity index (χ0v) is 12.8. The van der Waals surface area contributed by atoms with Crippen molar-refractivity contribution in [2.24, 2.45) is 5.41 Å². The van der Waals surface area contributed by atoms with Crippen LogP contribution in [0.15, 0.2) is 11.4 Å². The van der Waals surface area contributed by atoms with Crippen LogP contribution in [0, 0.1) is 17.3 Å². The fourth-order valence-electron chi connectivity index (χ4n) is 2.74. The van der Waals surface area contributed by atoms with Crippen LogP contribution < -0.4 is 5.32 Å². The second-order valence-corrected chi connectivity index (χ2v) is 7.00. The highest BCUT2D eigenvalue weighted by Crippen LogP contribution is 2.35. The minimum Gasteiger partial charge on any atom is -0.384 e.